The first-order chi connectivity index (χ1) is 15.0. The highest BCUT2D eigenvalue weighted by molar-refractivity contribution is 7.89. The van der Waals surface area contributed by atoms with E-state index in [-0.39, 0.29) is 16.2 Å². The summed E-state index contributed by atoms with van der Waals surface area (Å²) in [5.41, 5.74) is 2.24. The Kier molecular flexibility index (Phi) is 7.27. The van der Waals surface area contributed by atoms with Crippen LogP contribution < -0.4 is 10.1 Å². The molecule has 0 aliphatic carbocycles. The van der Waals surface area contributed by atoms with E-state index in [1.165, 1.54) is 15.9 Å². The first-order valence-electron chi connectivity index (χ1n) is 10.7. The molecule has 0 bridgehead atoms. The van der Waals surface area contributed by atoms with Crippen LogP contribution in [0.4, 0.5) is 5.69 Å². The fourth-order valence-corrected chi connectivity index (χ4v) is 5.08. The summed E-state index contributed by atoms with van der Waals surface area (Å²) < 4.78 is 38.6. The van der Waals surface area contributed by atoms with Gasteiger partial charge < -0.3 is 14.8 Å². The summed E-state index contributed by atoms with van der Waals surface area (Å²) in [6.07, 6.45) is -0.754. The molecule has 1 N–H and O–H groups in total. The Morgan fingerprint density at radius 3 is 2.31 bits per heavy atom. The molecule has 0 saturated carbocycles. The Balaban J connectivity index is 1.70. The van der Waals surface area contributed by atoms with Gasteiger partial charge in [-0.3, -0.25) is 4.79 Å². The van der Waals surface area contributed by atoms with Gasteiger partial charge in [0.1, 0.15) is 5.75 Å². The zero-order valence-electron chi connectivity index (χ0n) is 19.3. The van der Waals surface area contributed by atoms with Crippen LogP contribution in [0.3, 0.4) is 0 Å². The quantitative estimate of drug-likeness (QED) is 0.710. The number of carbonyl (C=O) groups is 1. The average Bonchev–Trinajstić information content (AvgIpc) is 2.75. The molecule has 2 aromatic carbocycles. The number of ether oxygens (including phenoxy) is 2. The standard InChI is InChI=1S/C24H32N2O5S/c1-17-6-9-20(16-22(17)32(28,29)26-12-14-30-15-13-26)25-23(27)18(2)31-21-10-7-19(8-11-21)24(3,4)5/h6-11,16,18H,12-15H2,1-5H3,(H,25,27). The topological polar surface area (TPSA) is 84.9 Å². The van der Waals surface area contributed by atoms with Gasteiger partial charge in [0.25, 0.3) is 5.91 Å². The Morgan fingerprint density at radius 1 is 1.09 bits per heavy atom. The van der Waals surface area contributed by atoms with Crippen molar-refractivity contribution in [2.45, 2.75) is 51.0 Å². The number of nitrogens with one attached hydrogen (secondary N) is 1. The minimum atomic E-state index is -3.67. The second kappa shape index (κ2) is 9.60. The third-order valence-electron chi connectivity index (χ3n) is 5.45. The van der Waals surface area contributed by atoms with Gasteiger partial charge in [0.2, 0.25) is 10.0 Å². The van der Waals surface area contributed by atoms with Crippen LogP contribution in [0.25, 0.3) is 0 Å². The van der Waals surface area contributed by atoms with Gasteiger partial charge in [0.15, 0.2) is 6.10 Å². The van der Waals surface area contributed by atoms with Crippen LogP contribution in [0.1, 0.15) is 38.8 Å². The first-order valence-corrected chi connectivity index (χ1v) is 12.2. The maximum atomic E-state index is 13.1. The SMILES string of the molecule is Cc1ccc(NC(=O)C(C)Oc2ccc(C(C)(C)C)cc2)cc1S(=O)(=O)N1CCOCC1. The molecule has 1 fully saturated rings. The number of anilines is 1. The molecule has 1 aliphatic rings. The van der Waals surface area contributed by atoms with Crippen LogP contribution in [0.15, 0.2) is 47.4 Å². The maximum absolute atomic E-state index is 13.1. The molecule has 0 radical (unpaired) electrons. The molecular weight excluding hydrogens is 428 g/mol. The molecule has 1 aliphatic heterocycles. The second-order valence-electron chi connectivity index (χ2n) is 9.02. The van der Waals surface area contributed by atoms with E-state index in [4.69, 9.17) is 9.47 Å². The normalized spacial score (nSPS) is 16.4. The lowest BCUT2D eigenvalue weighted by molar-refractivity contribution is -0.122. The van der Waals surface area contributed by atoms with Gasteiger partial charge >= 0.3 is 0 Å². The minimum Gasteiger partial charge on any atom is -0.481 e. The van der Waals surface area contributed by atoms with Crippen LogP contribution in [0, 0.1) is 6.92 Å². The molecule has 0 spiro atoms. The van der Waals surface area contributed by atoms with Gasteiger partial charge in [-0.05, 0) is 54.7 Å². The van der Waals surface area contributed by atoms with Gasteiger partial charge in [-0.1, -0.05) is 39.0 Å². The van der Waals surface area contributed by atoms with Crippen molar-refractivity contribution in [1.29, 1.82) is 0 Å². The van der Waals surface area contributed by atoms with Crippen LogP contribution in [-0.2, 0) is 25.0 Å². The minimum absolute atomic E-state index is 0.0340. The predicted molar refractivity (Wildman–Crippen MR) is 125 cm³/mol. The molecule has 8 heteroatoms. The van der Waals surface area contributed by atoms with Crippen LogP contribution in [0.5, 0.6) is 5.75 Å². The summed E-state index contributed by atoms with van der Waals surface area (Å²) in [4.78, 5) is 12.9. The molecule has 2 aromatic rings. The van der Waals surface area contributed by atoms with Crippen molar-refractivity contribution in [2.75, 3.05) is 31.6 Å². The fraction of sp³-hybridized carbons (Fsp3) is 0.458. The number of amides is 1. The lowest BCUT2D eigenvalue weighted by Crippen LogP contribution is -2.40. The van der Waals surface area contributed by atoms with Crippen molar-refractivity contribution in [2.24, 2.45) is 0 Å². The van der Waals surface area contributed by atoms with E-state index in [0.29, 0.717) is 43.3 Å². The molecule has 1 atom stereocenters. The number of rotatable bonds is 6. The van der Waals surface area contributed by atoms with Crippen LogP contribution >= 0.6 is 0 Å². The zero-order valence-corrected chi connectivity index (χ0v) is 20.2. The number of hydrogen-bond acceptors (Lipinski definition) is 5. The number of sulfonamides is 1. The van der Waals surface area contributed by atoms with Gasteiger partial charge in [-0.2, -0.15) is 4.31 Å². The second-order valence-corrected chi connectivity index (χ2v) is 10.9. The molecule has 3 rings (SSSR count). The van der Waals surface area contributed by atoms with Crippen LogP contribution in [0.2, 0.25) is 0 Å². The lowest BCUT2D eigenvalue weighted by Gasteiger charge is -2.27. The average molecular weight is 461 g/mol. The van der Waals surface area contributed by atoms with E-state index in [9.17, 15) is 13.2 Å². The van der Waals surface area contributed by atoms with Gasteiger partial charge in [-0.25, -0.2) is 8.42 Å². The van der Waals surface area contributed by atoms with Crippen molar-refractivity contribution in [3.05, 3.63) is 53.6 Å². The van der Waals surface area contributed by atoms with Crippen molar-refractivity contribution in [3.63, 3.8) is 0 Å². The van der Waals surface area contributed by atoms with E-state index in [0.717, 1.165) is 0 Å². The lowest BCUT2D eigenvalue weighted by atomic mass is 9.87. The summed E-state index contributed by atoms with van der Waals surface area (Å²) in [6.45, 7) is 11.2. The number of carbonyl (C=O) groups excluding carboxylic acids is 1. The monoisotopic (exact) mass is 460 g/mol. The van der Waals surface area contributed by atoms with E-state index >= 15 is 0 Å². The molecule has 1 amide bonds. The zero-order chi connectivity index (χ0) is 23.5. The summed E-state index contributed by atoms with van der Waals surface area (Å²) >= 11 is 0. The van der Waals surface area contributed by atoms with E-state index < -0.39 is 16.1 Å². The van der Waals surface area contributed by atoms with Crippen molar-refractivity contribution >= 4 is 21.6 Å². The molecule has 174 valence electrons. The molecule has 7 nitrogen and oxygen atoms in total. The van der Waals surface area contributed by atoms with Crippen molar-refractivity contribution in [3.8, 4) is 5.75 Å². The smallest absolute Gasteiger partial charge is 0.265 e. The molecule has 1 heterocycles. The largest absolute Gasteiger partial charge is 0.481 e. The first kappa shape index (κ1) is 24.2. The predicted octanol–water partition coefficient (Wildman–Crippen LogP) is 3.72. The third kappa shape index (κ3) is 5.68. The van der Waals surface area contributed by atoms with Crippen molar-refractivity contribution in [1.82, 2.24) is 4.31 Å². The highest BCUT2D eigenvalue weighted by Crippen LogP contribution is 2.26. The van der Waals surface area contributed by atoms with E-state index in [1.807, 2.05) is 24.3 Å². The number of benzene rings is 2. The van der Waals surface area contributed by atoms with E-state index in [1.54, 1.807) is 26.0 Å². The summed E-state index contributed by atoms with van der Waals surface area (Å²) in [5, 5.41) is 2.77. The number of hydrogen-bond donors (Lipinski definition) is 1. The Labute approximate surface area is 190 Å². The Bertz CT molecular complexity index is 1050. The highest BCUT2D eigenvalue weighted by atomic mass is 32.2. The Morgan fingerprint density at radius 2 is 1.72 bits per heavy atom. The van der Waals surface area contributed by atoms with Crippen molar-refractivity contribution < 1.29 is 22.7 Å². The molecular formula is C24H32N2O5S. The fourth-order valence-electron chi connectivity index (χ4n) is 3.42. The molecule has 32 heavy (non-hydrogen) atoms. The maximum Gasteiger partial charge on any atom is 0.265 e. The third-order valence-corrected chi connectivity index (χ3v) is 7.49. The number of aryl methyl sites for hydroxylation is 1. The van der Waals surface area contributed by atoms with Gasteiger partial charge in [0.05, 0.1) is 18.1 Å². The van der Waals surface area contributed by atoms with E-state index in [2.05, 4.69) is 26.1 Å². The Hall–Kier alpha value is -2.42. The van der Waals surface area contributed by atoms with Crippen LogP contribution in [-0.4, -0.2) is 51.0 Å². The summed E-state index contributed by atoms with van der Waals surface area (Å²) in [5.74, 6) is 0.239. The van der Waals surface area contributed by atoms with Gasteiger partial charge in [-0.15, -0.1) is 0 Å². The molecule has 0 aromatic heterocycles. The van der Waals surface area contributed by atoms with Gasteiger partial charge in [0, 0.05) is 18.8 Å². The number of nitrogens with zero attached hydrogens (tertiary/aromatic N) is 1. The summed E-state index contributed by atoms with van der Waals surface area (Å²) in [6, 6.07) is 12.6. The summed E-state index contributed by atoms with van der Waals surface area (Å²) in [7, 11) is -3.67. The highest BCUT2D eigenvalue weighted by Gasteiger charge is 2.28. The molecule has 1 unspecified atom stereocenters. The molecule has 1 saturated heterocycles. The number of morpholine rings is 1.